The summed E-state index contributed by atoms with van der Waals surface area (Å²) in [6.07, 6.45) is -3.24. The fraction of sp³-hybridized carbons (Fsp3) is 0.263. The monoisotopic (exact) mass is 419 g/mol. The Bertz CT molecular complexity index is 857. The Morgan fingerprint density at radius 2 is 1.65 bits per heavy atom. The van der Waals surface area contributed by atoms with Gasteiger partial charge in [-0.1, -0.05) is 53.0 Å². The number of benzene rings is 2. The molecule has 26 heavy (non-hydrogen) atoms. The van der Waals surface area contributed by atoms with Crippen LogP contribution in [0.4, 0.5) is 13.2 Å². The highest BCUT2D eigenvalue weighted by Crippen LogP contribution is 2.54. The first-order valence-corrected chi connectivity index (χ1v) is 9.01. The standard InChI is InChI=1S/C19H15Cl3F3N/c20-15-6-14(7-16(21)8-15)18(19(23,24)25)4-3-12(9-18)11-1-2-13(10-26)17(22)5-11/h1-3,5-8H,4,9-10,26H2. The fourth-order valence-electron chi connectivity index (χ4n) is 3.33. The minimum Gasteiger partial charge on any atom is -0.326 e. The normalized spacial score (nSPS) is 20.3. The van der Waals surface area contributed by atoms with Crippen molar-refractivity contribution in [1.29, 1.82) is 0 Å². The van der Waals surface area contributed by atoms with Gasteiger partial charge in [-0.15, -0.1) is 0 Å². The van der Waals surface area contributed by atoms with Crippen molar-refractivity contribution in [2.75, 3.05) is 0 Å². The van der Waals surface area contributed by atoms with Crippen molar-refractivity contribution < 1.29 is 13.2 Å². The topological polar surface area (TPSA) is 26.0 Å². The van der Waals surface area contributed by atoms with Gasteiger partial charge in [-0.3, -0.25) is 0 Å². The lowest BCUT2D eigenvalue weighted by Gasteiger charge is -2.33. The van der Waals surface area contributed by atoms with Crippen LogP contribution >= 0.6 is 34.8 Å². The number of nitrogens with two attached hydrogens (primary N) is 1. The summed E-state index contributed by atoms with van der Waals surface area (Å²) in [5.74, 6) is 0. The van der Waals surface area contributed by atoms with Crippen LogP contribution in [0.5, 0.6) is 0 Å². The molecular formula is C19H15Cl3F3N. The van der Waals surface area contributed by atoms with Gasteiger partial charge >= 0.3 is 6.18 Å². The van der Waals surface area contributed by atoms with E-state index in [4.69, 9.17) is 40.5 Å². The molecule has 2 aromatic rings. The molecule has 0 spiro atoms. The number of rotatable bonds is 3. The van der Waals surface area contributed by atoms with Gasteiger partial charge in [0.15, 0.2) is 0 Å². The fourth-order valence-corrected chi connectivity index (χ4v) is 4.11. The maximum atomic E-state index is 14.1. The zero-order chi connectivity index (χ0) is 19.1. The minimum absolute atomic E-state index is 0.0680. The quantitative estimate of drug-likeness (QED) is 0.581. The van der Waals surface area contributed by atoms with Gasteiger partial charge in [0, 0.05) is 21.6 Å². The summed E-state index contributed by atoms with van der Waals surface area (Å²) in [5.41, 5.74) is 5.59. The molecule has 1 nitrogen and oxygen atoms in total. The van der Waals surface area contributed by atoms with E-state index >= 15 is 0 Å². The molecule has 0 radical (unpaired) electrons. The molecule has 138 valence electrons. The predicted octanol–water partition coefficient (Wildman–Crippen LogP) is 6.78. The molecule has 0 amide bonds. The number of halogens is 6. The Hall–Kier alpha value is -1.20. The van der Waals surface area contributed by atoms with Gasteiger partial charge in [-0.2, -0.15) is 13.2 Å². The number of alkyl halides is 3. The molecule has 0 saturated heterocycles. The van der Waals surface area contributed by atoms with Crippen LogP contribution in [-0.2, 0) is 12.0 Å². The summed E-state index contributed by atoms with van der Waals surface area (Å²) >= 11 is 18.1. The summed E-state index contributed by atoms with van der Waals surface area (Å²) in [6, 6.07) is 9.24. The van der Waals surface area contributed by atoms with Gasteiger partial charge in [-0.05, 0) is 59.4 Å². The van der Waals surface area contributed by atoms with E-state index in [1.54, 1.807) is 24.3 Å². The van der Waals surface area contributed by atoms with Gasteiger partial charge in [0.25, 0.3) is 0 Å². The lowest BCUT2D eigenvalue weighted by Crippen LogP contribution is -2.40. The highest BCUT2D eigenvalue weighted by molar-refractivity contribution is 6.34. The van der Waals surface area contributed by atoms with Crippen LogP contribution in [0.25, 0.3) is 5.57 Å². The van der Waals surface area contributed by atoms with Crippen molar-refractivity contribution in [3.05, 3.63) is 74.2 Å². The second kappa shape index (κ2) is 7.08. The lowest BCUT2D eigenvalue weighted by atomic mass is 9.76. The highest BCUT2D eigenvalue weighted by atomic mass is 35.5. The third-order valence-electron chi connectivity index (χ3n) is 4.79. The highest BCUT2D eigenvalue weighted by Gasteiger charge is 2.57. The predicted molar refractivity (Wildman–Crippen MR) is 101 cm³/mol. The lowest BCUT2D eigenvalue weighted by molar-refractivity contribution is -0.187. The Kier molecular flexibility index (Phi) is 5.33. The van der Waals surface area contributed by atoms with Crippen LogP contribution < -0.4 is 5.73 Å². The van der Waals surface area contributed by atoms with Crippen LogP contribution in [-0.4, -0.2) is 6.18 Å². The van der Waals surface area contributed by atoms with Crippen molar-refractivity contribution in [1.82, 2.24) is 0 Å². The zero-order valence-corrected chi connectivity index (χ0v) is 15.8. The maximum absolute atomic E-state index is 14.1. The Labute approximate surface area is 164 Å². The van der Waals surface area contributed by atoms with E-state index in [2.05, 4.69) is 0 Å². The number of hydrogen-bond acceptors (Lipinski definition) is 1. The van der Waals surface area contributed by atoms with E-state index in [-0.39, 0.29) is 35.0 Å². The first kappa shape index (κ1) is 19.6. The molecule has 0 heterocycles. The van der Waals surface area contributed by atoms with Crippen molar-refractivity contribution in [2.45, 2.75) is 31.0 Å². The van der Waals surface area contributed by atoms with Gasteiger partial charge in [-0.25, -0.2) is 0 Å². The molecule has 1 atom stereocenters. The van der Waals surface area contributed by atoms with Crippen molar-refractivity contribution >= 4 is 40.4 Å². The molecule has 0 bridgehead atoms. The van der Waals surface area contributed by atoms with E-state index < -0.39 is 11.6 Å². The molecule has 7 heteroatoms. The second-order valence-electron chi connectivity index (χ2n) is 6.36. The molecule has 0 aliphatic heterocycles. The van der Waals surface area contributed by atoms with Gasteiger partial charge in [0.1, 0.15) is 0 Å². The van der Waals surface area contributed by atoms with Crippen LogP contribution in [0.1, 0.15) is 29.5 Å². The Morgan fingerprint density at radius 1 is 1.00 bits per heavy atom. The molecule has 2 N–H and O–H groups in total. The van der Waals surface area contributed by atoms with Crippen LogP contribution in [0.15, 0.2) is 42.5 Å². The Balaban J connectivity index is 2.02. The van der Waals surface area contributed by atoms with Crippen molar-refractivity contribution in [3.8, 4) is 0 Å². The first-order valence-electron chi connectivity index (χ1n) is 7.87. The van der Waals surface area contributed by atoms with E-state index in [1.807, 2.05) is 0 Å². The molecule has 0 saturated carbocycles. The van der Waals surface area contributed by atoms with Crippen molar-refractivity contribution in [2.24, 2.45) is 5.73 Å². The average Bonchev–Trinajstić information content (AvgIpc) is 3.00. The largest absolute Gasteiger partial charge is 0.399 e. The smallest absolute Gasteiger partial charge is 0.326 e. The molecule has 0 aromatic heterocycles. The van der Waals surface area contributed by atoms with Gasteiger partial charge < -0.3 is 5.73 Å². The molecule has 1 aliphatic rings. The molecule has 1 unspecified atom stereocenters. The SMILES string of the molecule is NCc1ccc(C2=CCC(c3cc(Cl)cc(Cl)c3)(C(F)(F)F)C2)cc1Cl. The summed E-state index contributed by atoms with van der Waals surface area (Å²) < 4.78 is 42.3. The molecular weight excluding hydrogens is 406 g/mol. The van der Waals surface area contributed by atoms with Crippen molar-refractivity contribution in [3.63, 3.8) is 0 Å². The number of hydrogen-bond donors (Lipinski definition) is 1. The van der Waals surface area contributed by atoms with E-state index in [0.717, 1.165) is 5.56 Å². The molecule has 1 aliphatic carbocycles. The summed E-state index contributed by atoms with van der Waals surface area (Å²) in [6.45, 7) is 0.270. The van der Waals surface area contributed by atoms with Gasteiger partial charge in [0.05, 0.1) is 5.41 Å². The second-order valence-corrected chi connectivity index (χ2v) is 7.64. The van der Waals surface area contributed by atoms with Crippen LogP contribution in [0.2, 0.25) is 15.1 Å². The van der Waals surface area contributed by atoms with E-state index in [0.29, 0.717) is 16.2 Å². The maximum Gasteiger partial charge on any atom is 0.399 e. The van der Waals surface area contributed by atoms with Gasteiger partial charge in [0.2, 0.25) is 0 Å². The van der Waals surface area contributed by atoms with E-state index in [9.17, 15) is 13.2 Å². The number of allylic oxidation sites excluding steroid dienone is 2. The summed E-state index contributed by atoms with van der Waals surface area (Å²) in [4.78, 5) is 0. The third kappa shape index (κ3) is 3.48. The average molecular weight is 421 g/mol. The molecule has 0 fully saturated rings. The van der Waals surface area contributed by atoms with Crippen LogP contribution in [0, 0.1) is 0 Å². The molecule has 2 aromatic carbocycles. The first-order chi connectivity index (χ1) is 12.2. The summed E-state index contributed by atoms with van der Waals surface area (Å²) in [7, 11) is 0. The molecule has 3 rings (SSSR count). The summed E-state index contributed by atoms with van der Waals surface area (Å²) in [5, 5.41) is 0.807. The minimum atomic E-state index is -4.46. The zero-order valence-electron chi connectivity index (χ0n) is 13.5. The Morgan fingerprint density at radius 3 is 2.19 bits per heavy atom. The van der Waals surface area contributed by atoms with E-state index in [1.165, 1.54) is 18.2 Å². The van der Waals surface area contributed by atoms with Crippen LogP contribution in [0.3, 0.4) is 0 Å². The third-order valence-corrected chi connectivity index (χ3v) is 5.58.